The van der Waals surface area contributed by atoms with Crippen LogP contribution < -0.4 is 23.8 Å². The number of hydrogen-bond donors (Lipinski definition) is 0. The molecule has 0 radical (unpaired) electrons. The van der Waals surface area contributed by atoms with Crippen LogP contribution >= 0.6 is 11.6 Å². The number of nitrogens with zero attached hydrogens (tertiary/aromatic N) is 5. The quantitative estimate of drug-likeness (QED) is 0.114. The normalized spacial score (nSPS) is 18.4. The van der Waals surface area contributed by atoms with Crippen molar-refractivity contribution in [3.05, 3.63) is 93.8 Å². The van der Waals surface area contributed by atoms with Gasteiger partial charge < -0.3 is 23.8 Å². The van der Waals surface area contributed by atoms with Crippen LogP contribution in [0, 0.1) is 12.7 Å². The van der Waals surface area contributed by atoms with Gasteiger partial charge in [0.15, 0.2) is 5.82 Å². The second-order valence-electron chi connectivity index (χ2n) is 15.9. The van der Waals surface area contributed by atoms with E-state index in [-0.39, 0.29) is 65.3 Å². The molecule has 4 heterocycles. The zero-order chi connectivity index (χ0) is 41.6. The molecule has 2 aliphatic heterocycles. The Bertz CT molecular complexity index is 2240. The first-order valence-electron chi connectivity index (χ1n) is 19.0. The molecule has 5 aromatic rings. The second kappa shape index (κ2) is 16.0. The summed E-state index contributed by atoms with van der Waals surface area (Å²) in [6, 6.07) is 16.9. The van der Waals surface area contributed by atoms with E-state index in [1.54, 1.807) is 64.2 Å². The van der Waals surface area contributed by atoms with Gasteiger partial charge in [-0.25, -0.2) is 13.8 Å². The molecule has 0 N–H and O–H groups in total. The Balaban J connectivity index is 1.37. The highest BCUT2D eigenvalue weighted by Gasteiger charge is 2.49. The van der Waals surface area contributed by atoms with Crippen molar-refractivity contribution in [2.24, 2.45) is 0 Å². The molecule has 2 aromatic heterocycles. The number of ether oxygens (including phenoxy) is 4. The van der Waals surface area contributed by atoms with E-state index in [0.29, 0.717) is 24.5 Å². The van der Waals surface area contributed by atoms with Gasteiger partial charge in [-0.15, -0.1) is 0 Å². The Kier molecular flexibility index (Phi) is 11.4. The van der Waals surface area contributed by atoms with Crippen LogP contribution in [-0.2, 0) is 19.3 Å². The fraction of sp³-hybridized carbons (Fsp3) is 0.419. The van der Waals surface area contributed by atoms with Gasteiger partial charge in [0, 0.05) is 26.1 Å². The fourth-order valence-electron chi connectivity index (χ4n) is 7.92. The summed E-state index contributed by atoms with van der Waals surface area (Å²) < 4.78 is 100. The van der Waals surface area contributed by atoms with Crippen molar-refractivity contribution in [3.8, 4) is 34.6 Å². The van der Waals surface area contributed by atoms with Crippen molar-refractivity contribution in [2.45, 2.75) is 83.5 Å². The van der Waals surface area contributed by atoms with Gasteiger partial charge in [-0.1, -0.05) is 35.9 Å². The van der Waals surface area contributed by atoms with Crippen molar-refractivity contribution < 1.29 is 40.9 Å². The Hall–Kier alpha value is -4.95. The lowest BCUT2D eigenvalue weighted by Crippen LogP contribution is -2.43. The lowest BCUT2D eigenvalue weighted by atomic mass is 9.95. The van der Waals surface area contributed by atoms with Crippen LogP contribution in [0.5, 0.6) is 23.4 Å². The number of anilines is 1. The zero-order valence-corrected chi connectivity index (χ0v) is 33.9. The number of pyridine rings is 1. The SMILES string of the molecule is COc1ccc(CN(Cc2ccc(OC)cc2)c2cc(C)c(C(F)(F)F)c(-c3c(Cl)cc4c(OC(C)(C)C)nc(OC[C@@]56CCCN5C[C@H](F)C6)nc4c3F)n2)cc1. The first-order chi connectivity index (χ1) is 27.5. The predicted molar refractivity (Wildman–Crippen MR) is 212 cm³/mol. The van der Waals surface area contributed by atoms with Crippen molar-refractivity contribution in [2.75, 3.05) is 38.8 Å². The molecule has 308 valence electrons. The summed E-state index contributed by atoms with van der Waals surface area (Å²) in [4.78, 5) is 17.3. The molecule has 2 fully saturated rings. The zero-order valence-electron chi connectivity index (χ0n) is 33.1. The van der Waals surface area contributed by atoms with Crippen molar-refractivity contribution in [1.82, 2.24) is 19.9 Å². The summed E-state index contributed by atoms with van der Waals surface area (Å²) in [5.41, 5.74) is -2.77. The lowest BCUT2D eigenvalue weighted by Gasteiger charge is -2.31. The summed E-state index contributed by atoms with van der Waals surface area (Å²) >= 11 is 6.80. The minimum absolute atomic E-state index is 0.0287. The number of halogens is 6. The number of aromatic nitrogens is 3. The maximum absolute atomic E-state index is 17.3. The molecular formula is C43H45ClF5N5O4. The van der Waals surface area contributed by atoms with Crippen LogP contribution in [0.25, 0.3) is 22.2 Å². The number of alkyl halides is 4. The monoisotopic (exact) mass is 825 g/mol. The second-order valence-corrected chi connectivity index (χ2v) is 16.3. The van der Waals surface area contributed by atoms with Gasteiger partial charge in [0.05, 0.1) is 47.0 Å². The number of fused-ring (bicyclic) bond motifs is 2. The minimum atomic E-state index is -4.95. The highest BCUT2D eigenvalue weighted by molar-refractivity contribution is 6.34. The Morgan fingerprint density at radius 3 is 2.10 bits per heavy atom. The average molecular weight is 826 g/mol. The molecule has 9 nitrogen and oxygen atoms in total. The summed E-state index contributed by atoms with van der Waals surface area (Å²) in [6.45, 7) is 8.11. The first kappa shape index (κ1) is 41.2. The van der Waals surface area contributed by atoms with Crippen LogP contribution in [0.1, 0.15) is 62.3 Å². The summed E-state index contributed by atoms with van der Waals surface area (Å²) in [7, 11) is 3.11. The number of rotatable bonds is 12. The van der Waals surface area contributed by atoms with Gasteiger partial charge in [-0.3, -0.25) is 4.90 Å². The highest BCUT2D eigenvalue weighted by atomic mass is 35.5. The van der Waals surface area contributed by atoms with Gasteiger partial charge in [-0.2, -0.15) is 23.1 Å². The van der Waals surface area contributed by atoms with Crippen LogP contribution in [0.3, 0.4) is 0 Å². The van der Waals surface area contributed by atoms with E-state index in [1.807, 2.05) is 24.3 Å². The van der Waals surface area contributed by atoms with Crippen LogP contribution in [0.2, 0.25) is 5.02 Å². The number of benzene rings is 3. The van der Waals surface area contributed by atoms with Crippen molar-refractivity contribution in [1.29, 1.82) is 0 Å². The van der Waals surface area contributed by atoms with Gasteiger partial charge in [0.2, 0.25) is 5.88 Å². The smallest absolute Gasteiger partial charge is 0.418 e. The van der Waals surface area contributed by atoms with Crippen LogP contribution in [0.15, 0.2) is 60.7 Å². The first-order valence-corrected chi connectivity index (χ1v) is 19.4. The number of methoxy groups -OCH3 is 2. The molecule has 0 amide bonds. The molecule has 2 saturated heterocycles. The maximum Gasteiger partial charge on any atom is 0.418 e. The van der Waals surface area contributed by atoms with E-state index in [4.69, 9.17) is 30.5 Å². The third-order valence-corrected chi connectivity index (χ3v) is 10.9. The topological polar surface area (TPSA) is 82.1 Å². The van der Waals surface area contributed by atoms with Crippen LogP contribution in [-0.4, -0.2) is 71.1 Å². The third kappa shape index (κ3) is 8.58. The average Bonchev–Trinajstić information content (AvgIpc) is 3.69. The predicted octanol–water partition coefficient (Wildman–Crippen LogP) is 10.2. The molecule has 0 spiro atoms. The molecule has 0 saturated carbocycles. The van der Waals surface area contributed by atoms with E-state index in [1.165, 1.54) is 19.1 Å². The largest absolute Gasteiger partial charge is 0.497 e. The molecule has 2 aliphatic rings. The van der Waals surface area contributed by atoms with Gasteiger partial charge in [0.25, 0.3) is 0 Å². The minimum Gasteiger partial charge on any atom is -0.497 e. The van der Waals surface area contributed by atoms with E-state index in [9.17, 15) is 4.39 Å². The molecule has 7 rings (SSSR count). The van der Waals surface area contributed by atoms with E-state index in [2.05, 4.69) is 19.9 Å². The molecular weight excluding hydrogens is 781 g/mol. The van der Waals surface area contributed by atoms with Crippen molar-refractivity contribution in [3.63, 3.8) is 0 Å². The Morgan fingerprint density at radius 1 is 0.914 bits per heavy atom. The van der Waals surface area contributed by atoms with Gasteiger partial charge >= 0.3 is 12.2 Å². The van der Waals surface area contributed by atoms with Crippen molar-refractivity contribution >= 4 is 28.3 Å². The lowest BCUT2D eigenvalue weighted by molar-refractivity contribution is -0.137. The van der Waals surface area contributed by atoms with E-state index in [0.717, 1.165) is 24.1 Å². The molecule has 15 heteroatoms. The molecule has 2 atom stereocenters. The highest BCUT2D eigenvalue weighted by Crippen LogP contribution is 2.46. The standard InChI is InChI=1S/C43H45ClF5N5O4/c1-25-18-33(53(21-26-8-12-29(55-5)13-9-26)22-27-10-14-30(56-6)15-11-27)50-38(35(25)43(47,48)49)34-32(44)19-31-37(36(34)46)51-40(52-39(31)58-41(2,3)4)57-24-42-16-7-17-54(42)23-28(45)20-42/h8-15,18-19,28H,7,16-17,20-24H2,1-6H3/t28-,42+/m1/s1. The van der Waals surface area contributed by atoms with E-state index < -0.39 is 46.1 Å². The number of hydrogen-bond acceptors (Lipinski definition) is 9. The summed E-state index contributed by atoms with van der Waals surface area (Å²) in [6.07, 6.45) is -4.12. The maximum atomic E-state index is 17.3. The Labute approximate surface area is 339 Å². The molecule has 0 bridgehead atoms. The molecule has 0 aliphatic carbocycles. The summed E-state index contributed by atoms with van der Waals surface area (Å²) in [5.74, 6) is 0.186. The molecule has 58 heavy (non-hydrogen) atoms. The van der Waals surface area contributed by atoms with Gasteiger partial charge in [-0.05, 0) is 100 Å². The Morgan fingerprint density at radius 2 is 1.53 bits per heavy atom. The van der Waals surface area contributed by atoms with E-state index >= 15 is 17.6 Å². The molecule has 0 unspecified atom stereocenters. The van der Waals surface area contributed by atoms with Crippen LogP contribution in [0.4, 0.5) is 27.8 Å². The third-order valence-electron chi connectivity index (χ3n) is 10.6. The number of aryl methyl sites for hydroxylation is 1. The fourth-order valence-corrected chi connectivity index (χ4v) is 8.20. The van der Waals surface area contributed by atoms with Gasteiger partial charge in [0.1, 0.15) is 41.2 Å². The summed E-state index contributed by atoms with van der Waals surface area (Å²) in [5, 5.41) is -0.325. The molecule has 3 aromatic carbocycles.